The molecule has 9 nitrogen and oxygen atoms in total. The monoisotopic (exact) mass is 475 g/mol. The molecule has 0 aliphatic rings. The number of aromatic nitrogens is 2. The van der Waals surface area contributed by atoms with Gasteiger partial charge in [-0.1, -0.05) is 0 Å². The molecule has 176 valence electrons. The summed E-state index contributed by atoms with van der Waals surface area (Å²) in [4.78, 5) is 33.1. The Balaban J connectivity index is 1.81. The molecule has 0 bridgehead atoms. The largest absolute Gasteiger partial charge is 0.485 e. The Kier molecular flexibility index (Phi) is 7.01. The maximum Gasteiger partial charge on any atom is 0.407 e. The summed E-state index contributed by atoms with van der Waals surface area (Å²) in [6.07, 6.45) is 0.227. The average Bonchev–Trinajstić information content (AvgIpc) is 3.05. The van der Waals surface area contributed by atoms with Crippen molar-refractivity contribution in [2.45, 2.75) is 46.3 Å². The van der Waals surface area contributed by atoms with Gasteiger partial charge >= 0.3 is 6.09 Å². The van der Waals surface area contributed by atoms with E-state index in [-0.39, 0.29) is 12.4 Å². The minimum Gasteiger partial charge on any atom is -0.485 e. The Labute approximate surface area is 194 Å². The van der Waals surface area contributed by atoms with Gasteiger partial charge in [-0.2, -0.15) is 0 Å². The first kappa shape index (κ1) is 24.2. The topological polar surface area (TPSA) is 128 Å². The molecule has 0 spiro atoms. The summed E-state index contributed by atoms with van der Waals surface area (Å²) < 4.78 is 25.0. The van der Waals surface area contributed by atoms with Crippen LogP contribution in [0.25, 0.3) is 10.2 Å². The molecular weight excluding hydrogens is 449 g/mol. The van der Waals surface area contributed by atoms with Crippen molar-refractivity contribution in [1.82, 2.24) is 15.3 Å². The number of thiophene rings is 1. The minimum absolute atomic E-state index is 0.0404. The van der Waals surface area contributed by atoms with Crippen molar-refractivity contribution in [1.29, 1.82) is 0 Å². The highest BCUT2D eigenvalue weighted by Gasteiger charge is 2.20. The highest BCUT2D eigenvalue weighted by Crippen LogP contribution is 2.36. The number of nitrogens with two attached hydrogens (primary N) is 1. The van der Waals surface area contributed by atoms with E-state index in [1.165, 1.54) is 35.9 Å². The third kappa shape index (κ3) is 6.07. The van der Waals surface area contributed by atoms with Crippen molar-refractivity contribution >= 4 is 45.1 Å². The molecule has 2 aromatic heterocycles. The van der Waals surface area contributed by atoms with Crippen LogP contribution in [0.3, 0.4) is 0 Å². The maximum absolute atomic E-state index is 14.0. The Morgan fingerprint density at radius 2 is 2.00 bits per heavy atom. The lowest BCUT2D eigenvalue weighted by molar-refractivity contribution is 0.0859. The number of fused-ring (bicyclic) bond motifs is 1. The lowest BCUT2D eigenvalue weighted by atomic mass is 10.1. The number of anilines is 2. The zero-order valence-corrected chi connectivity index (χ0v) is 19.8. The molecule has 0 aliphatic carbocycles. The predicted molar refractivity (Wildman–Crippen MR) is 125 cm³/mol. The van der Waals surface area contributed by atoms with Crippen LogP contribution in [0.5, 0.6) is 5.75 Å². The summed E-state index contributed by atoms with van der Waals surface area (Å²) in [5.74, 6) is -0.412. The number of amides is 2. The van der Waals surface area contributed by atoms with Crippen LogP contribution in [0.1, 0.15) is 42.9 Å². The summed E-state index contributed by atoms with van der Waals surface area (Å²) >= 11 is 1.18. The highest BCUT2D eigenvalue weighted by molar-refractivity contribution is 7.20. The van der Waals surface area contributed by atoms with Crippen molar-refractivity contribution in [3.8, 4) is 5.75 Å². The van der Waals surface area contributed by atoms with Crippen LogP contribution in [0.15, 0.2) is 24.5 Å². The van der Waals surface area contributed by atoms with Gasteiger partial charge < -0.3 is 25.8 Å². The fourth-order valence-electron chi connectivity index (χ4n) is 3.01. The predicted octanol–water partition coefficient (Wildman–Crippen LogP) is 4.27. The average molecular weight is 476 g/mol. The molecule has 33 heavy (non-hydrogen) atoms. The van der Waals surface area contributed by atoms with Crippen LogP contribution in [-0.2, 0) is 4.74 Å². The van der Waals surface area contributed by atoms with Crippen molar-refractivity contribution in [2.24, 2.45) is 5.73 Å². The number of carbonyl (C=O) groups excluding carboxylic acids is 2. The van der Waals surface area contributed by atoms with Gasteiger partial charge in [0.25, 0.3) is 5.91 Å². The van der Waals surface area contributed by atoms with Gasteiger partial charge in [0.15, 0.2) is 0 Å². The smallest absolute Gasteiger partial charge is 0.407 e. The van der Waals surface area contributed by atoms with Crippen molar-refractivity contribution < 1.29 is 23.5 Å². The quantitative estimate of drug-likeness (QED) is 0.465. The molecule has 0 saturated carbocycles. The van der Waals surface area contributed by atoms with E-state index >= 15 is 0 Å². The van der Waals surface area contributed by atoms with Crippen molar-refractivity contribution in [3.05, 3.63) is 40.8 Å². The molecule has 11 heteroatoms. The number of benzene rings is 1. The number of hydrogen-bond acceptors (Lipinski definition) is 8. The first-order chi connectivity index (χ1) is 15.4. The summed E-state index contributed by atoms with van der Waals surface area (Å²) in [6.45, 7) is 8.93. The van der Waals surface area contributed by atoms with Crippen LogP contribution in [0.4, 0.5) is 20.7 Å². The Morgan fingerprint density at radius 3 is 2.67 bits per heavy atom. The van der Waals surface area contributed by atoms with Gasteiger partial charge in [-0.25, -0.2) is 19.2 Å². The summed E-state index contributed by atoms with van der Waals surface area (Å²) in [5.41, 5.74) is 6.12. The van der Waals surface area contributed by atoms with E-state index in [0.717, 1.165) is 0 Å². The molecule has 0 aliphatic heterocycles. The zero-order chi connectivity index (χ0) is 24.3. The van der Waals surface area contributed by atoms with Gasteiger partial charge in [-0.15, -0.1) is 11.3 Å². The molecule has 3 rings (SSSR count). The van der Waals surface area contributed by atoms with E-state index in [4.69, 9.17) is 15.2 Å². The SMILES string of the molecule is Cc1c(C(N)=O)sc2ncnc(Nc3ccc(F)cc3OC(C)COC(=O)NC(C)(C)C)c12. The summed E-state index contributed by atoms with van der Waals surface area (Å²) in [6, 6.07) is 4.01. The second kappa shape index (κ2) is 9.57. The first-order valence-corrected chi connectivity index (χ1v) is 11.0. The van der Waals surface area contributed by atoms with Gasteiger partial charge in [0.05, 0.1) is 16.0 Å². The van der Waals surface area contributed by atoms with Crippen LogP contribution < -0.4 is 21.1 Å². The normalized spacial score (nSPS) is 12.3. The maximum atomic E-state index is 14.0. The van der Waals surface area contributed by atoms with Crippen LogP contribution in [0, 0.1) is 12.7 Å². The number of primary amides is 1. The number of nitrogens with one attached hydrogen (secondary N) is 2. The number of alkyl carbamates (subject to hydrolysis) is 1. The zero-order valence-electron chi connectivity index (χ0n) is 19.0. The van der Waals surface area contributed by atoms with Crippen molar-refractivity contribution in [2.75, 3.05) is 11.9 Å². The molecule has 2 heterocycles. The summed E-state index contributed by atoms with van der Waals surface area (Å²) in [7, 11) is 0. The third-order valence-corrected chi connectivity index (χ3v) is 5.62. The first-order valence-electron chi connectivity index (χ1n) is 10.2. The van der Waals surface area contributed by atoms with Gasteiger partial charge in [-0.05, 0) is 52.3 Å². The third-order valence-electron chi connectivity index (χ3n) is 4.40. The van der Waals surface area contributed by atoms with E-state index in [0.29, 0.717) is 32.2 Å². The molecule has 0 radical (unpaired) electrons. The van der Waals surface area contributed by atoms with E-state index in [9.17, 15) is 14.0 Å². The number of halogens is 1. The number of rotatable bonds is 7. The molecule has 0 saturated heterocycles. The lowest BCUT2D eigenvalue weighted by Crippen LogP contribution is -2.41. The van der Waals surface area contributed by atoms with E-state index < -0.39 is 29.5 Å². The minimum atomic E-state index is -0.572. The molecule has 3 aromatic rings. The Bertz CT molecular complexity index is 1190. The molecule has 0 fully saturated rings. The van der Waals surface area contributed by atoms with E-state index in [1.807, 2.05) is 20.8 Å². The standard InChI is InChI=1S/C22H26FN5O4S/c1-11(9-31-21(30)28-22(3,4)5)32-15-8-13(23)6-7-14(15)27-19-16-12(2)17(18(24)29)33-20(16)26-10-25-19/h6-8,10-11H,9H2,1-5H3,(H2,24,29)(H,28,30)(H,25,26,27). The van der Waals surface area contributed by atoms with Gasteiger partial charge in [0.1, 0.15) is 41.3 Å². The highest BCUT2D eigenvalue weighted by atomic mass is 32.1. The Hall–Kier alpha value is -3.47. The van der Waals surface area contributed by atoms with Crippen LogP contribution in [0.2, 0.25) is 0 Å². The number of hydrogen-bond donors (Lipinski definition) is 3. The number of carbonyl (C=O) groups is 2. The fraction of sp³-hybridized carbons (Fsp3) is 0.364. The van der Waals surface area contributed by atoms with Gasteiger partial charge in [0.2, 0.25) is 0 Å². The molecule has 2 amide bonds. The van der Waals surface area contributed by atoms with Crippen LogP contribution >= 0.6 is 11.3 Å². The molecule has 1 unspecified atom stereocenters. The van der Waals surface area contributed by atoms with Gasteiger partial charge in [0, 0.05) is 11.6 Å². The number of aryl methyl sites for hydroxylation is 1. The second-order valence-electron chi connectivity index (χ2n) is 8.49. The fourth-order valence-corrected chi connectivity index (χ4v) is 4.01. The second-order valence-corrected chi connectivity index (χ2v) is 9.49. The van der Waals surface area contributed by atoms with Crippen molar-refractivity contribution in [3.63, 3.8) is 0 Å². The van der Waals surface area contributed by atoms with E-state index in [1.54, 1.807) is 13.8 Å². The molecular formula is C22H26FN5O4S. The molecule has 1 atom stereocenters. The lowest BCUT2D eigenvalue weighted by Gasteiger charge is -2.22. The molecule has 1 aromatic carbocycles. The molecule has 4 N–H and O–H groups in total. The summed E-state index contributed by atoms with van der Waals surface area (Å²) in [5, 5.41) is 6.46. The van der Waals surface area contributed by atoms with Gasteiger partial charge in [-0.3, -0.25) is 4.79 Å². The van der Waals surface area contributed by atoms with E-state index in [2.05, 4.69) is 20.6 Å². The number of nitrogens with zero attached hydrogens (tertiary/aromatic N) is 2. The van der Waals surface area contributed by atoms with Crippen LogP contribution in [-0.4, -0.2) is 40.2 Å². The number of ether oxygens (including phenoxy) is 2. The Morgan fingerprint density at radius 1 is 1.27 bits per heavy atom.